The molecular formula is C14H23NO5. The van der Waals surface area contributed by atoms with Crippen molar-refractivity contribution >= 4 is 11.9 Å². The first-order valence-electron chi connectivity index (χ1n) is 7.40. The third-order valence-corrected chi connectivity index (χ3v) is 3.90. The molecule has 2 aliphatic rings. The van der Waals surface area contributed by atoms with E-state index in [9.17, 15) is 9.59 Å². The van der Waals surface area contributed by atoms with Gasteiger partial charge >= 0.3 is 5.97 Å². The number of ether oxygens (including phenoxy) is 2. The van der Waals surface area contributed by atoms with Gasteiger partial charge in [0.15, 0.2) is 0 Å². The van der Waals surface area contributed by atoms with E-state index in [1.54, 1.807) is 0 Å². The Balaban J connectivity index is 1.68. The summed E-state index contributed by atoms with van der Waals surface area (Å²) in [6, 6.07) is -0.658. The van der Waals surface area contributed by atoms with Gasteiger partial charge in [0.1, 0.15) is 6.04 Å². The molecule has 6 nitrogen and oxygen atoms in total. The zero-order chi connectivity index (χ0) is 14.4. The van der Waals surface area contributed by atoms with Crippen LogP contribution in [0.15, 0.2) is 0 Å². The van der Waals surface area contributed by atoms with Gasteiger partial charge in [-0.2, -0.15) is 0 Å². The Bertz CT molecular complexity index is 340. The second kappa shape index (κ2) is 7.59. The quantitative estimate of drug-likeness (QED) is 0.738. The van der Waals surface area contributed by atoms with Crippen LogP contribution < -0.4 is 0 Å². The molecule has 0 aliphatic carbocycles. The molecule has 0 aromatic carbocycles. The Morgan fingerprint density at radius 3 is 2.80 bits per heavy atom. The van der Waals surface area contributed by atoms with E-state index in [0.29, 0.717) is 26.2 Å². The minimum atomic E-state index is -0.904. The molecule has 2 aliphatic heterocycles. The van der Waals surface area contributed by atoms with E-state index in [2.05, 4.69) is 0 Å². The standard InChI is InChI=1S/C14H23NO5/c16-13(6-9-19-10-11-4-3-8-20-11)15-7-2-1-5-12(15)14(17)18/h11-12H,1-10H2,(H,17,18)/t11-,12-/m1/s1. The highest BCUT2D eigenvalue weighted by Crippen LogP contribution is 2.18. The molecule has 2 atom stereocenters. The molecule has 2 rings (SSSR count). The molecule has 0 radical (unpaired) electrons. The summed E-state index contributed by atoms with van der Waals surface area (Å²) < 4.78 is 10.9. The summed E-state index contributed by atoms with van der Waals surface area (Å²) >= 11 is 0. The topological polar surface area (TPSA) is 76.1 Å². The lowest BCUT2D eigenvalue weighted by molar-refractivity contribution is -0.152. The fraction of sp³-hybridized carbons (Fsp3) is 0.857. The highest BCUT2D eigenvalue weighted by molar-refractivity contribution is 5.83. The van der Waals surface area contributed by atoms with Crippen molar-refractivity contribution in [3.05, 3.63) is 0 Å². The predicted octanol–water partition coefficient (Wildman–Crippen LogP) is 1.04. The second-order valence-corrected chi connectivity index (χ2v) is 5.40. The van der Waals surface area contributed by atoms with Gasteiger partial charge < -0.3 is 19.5 Å². The summed E-state index contributed by atoms with van der Waals surface area (Å²) in [5, 5.41) is 9.13. The van der Waals surface area contributed by atoms with Gasteiger partial charge in [0.05, 0.1) is 25.7 Å². The number of likely N-dealkylation sites (tertiary alicyclic amines) is 1. The number of carbonyl (C=O) groups is 2. The minimum Gasteiger partial charge on any atom is -0.480 e. The number of piperidine rings is 1. The largest absolute Gasteiger partial charge is 0.480 e. The van der Waals surface area contributed by atoms with E-state index >= 15 is 0 Å². The van der Waals surface area contributed by atoms with Crippen molar-refractivity contribution in [2.24, 2.45) is 0 Å². The number of rotatable bonds is 6. The highest BCUT2D eigenvalue weighted by atomic mass is 16.5. The maximum absolute atomic E-state index is 12.1. The Hall–Kier alpha value is -1.14. The van der Waals surface area contributed by atoms with Gasteiger partial charge in [-0.25, -0.2) is 4.79 Å². The summed E-state index contributed by atoms with van der Waals surface area (Å²) in [4.78, 5) is 24.7. The van der Waals surface area contributed by atoms with Gasteiger partial charge in [0, 0.05) is 13.2 Å². The fourth-order valence-electron chi connectivity index (χ4n) is 2.78. The molecule has 2 saturated heterocycles. The number of carbonyl (C=O) groups excluding carboxylic acids is 1. The molecule has 0 bridgehead atoms. The zero-order valence-electron chi connectivity index (χ0n) is 11.8. The molecule has 20 heavy (non-hydrogen) atoms. The molecular weight excluding hydrogens is 262 g/mol. The lowest BCUT2D eigenvalue weighted by atomic mass is 10.0. The number of hydrogen-bond donors (Lipinski definition) is 1. The van der Waals surface area contributed by atoms with E-state index in [-0.39, 0.29) is 18.4 Å². The van der Waals surface area contributed by atoms with Crippen molar-refractivity contribution in [2.45, 2.75) is 50.7 Å². The highest BCUT2D eigenvalue weighted by Gasteiger charge is 2.31. The van der Waals surface area contributed by atoms with Crippen LogP contribution in [0.1, 0.15) is 38.5 Å². The van der Waals surface area contributed by atoms with E-state index < -0.39 is 12.0 Å². The SMILES string of the molecule is O=C(O)[C@H]1CCCCN1C(=O)CCOC[C@H]1CCCO1. The van der Waals surface area contributed by atoms with Gasteiger partial charge in [-0.15, -0.1) is 0 Å². The number of amides is 1. The van der Waals surface area contributed by atoms with E-state index in [0.717, 1.165) is 32.3 Å². The van der Waals surface area contributed by atoms with E-state index in [1.165, 1.54) is 4.90 Å². The molecule has 0 unspecified atom stereocenters. The summed E-state index contributed by atoms with van der Waals surface area (Å²) in [7, 11) is 0. The van der Waals surface area contributed by atoms with E-state index in [4.69, 9.17) is 14.6 Å². The first-order chi connectivity index (χ1) is 9.68. The number of carboxylic acids is 1. The molecule has 0 aromatic heterocycles. The average molecular weight is 285 g/mol. The maximum atomic E-state index is 12.1. The van der Waals surface area contributed by atoms with Gasteiger partial charge in [-0.05, 0) is 32.1 Å². The minimum absolute atomic E-state index is 0.121. The van der Waals surface area contributed by atoms with Crippen LogP contribution in [0.25, 0.3) is 0 Å². The zero-order valence-corrected chi connectivity index (χ0v) is 11.8. The van der Waals surface area contributed by atoms with Crippen molar-refractivity contribution < 1.29 is 24.2 Å². The molecule has 2 fully saturated rings. The molecule has 1 amide bonds. The monoisotopic (exact) mass is 285 g/mol. The van der Waals surface area contributed by atoms with Crippen molar-refractivity contribution in [1.82, 2.24) is 4.90 Å². The van der Waals surface area contributed by atoms with Crippen LogP contribution in [0, 0.1) is 0 Å². The third kappa shape index (κ3) is 4.18. The first-order valence-corrected chi connectivity index (χ1v) is 7.40. The normalized spacial score (nSPS) is 26.7. The van der Waals surface area contributed by atoms with Gasteiger partial charge in [-0.1, -0.05) is 0 Å². The fourth-order valence-corrected chi connectivity index (χ4v) is 2.78. The number of nitrogens with zero attached hydrogens (tertiary/aromatic N) is 1. The number of carboxylic acid groups (broad SMARTS) is 1. The van der Waals surface area contributed by atoms with Crippen LogP contribution in [-0.2, 0) is 19.1 Å². The maximum Gasteiger partial charge on any atom is 0.326 e. The van der Waals surface area contributed by atoms with Gasteiger partial charge in [-0.3, -0.25) is 4.79 Å². The molecule has 0 aromatic rings. The lowest BCUT2D eigenvalue weighted by Gasteiger charge is -2.33. The lowest BCUT2D eigenvalue weighted by Crippen LogP contribution is -2.48. The molecule has 6 heteroatoms. The number of hydrogen-bond acceptors (Lipinski definition) is 4. The van der Waals surface area contributed by atoms with E-state index in [1.807, 2.05) is 0 Å². The summed E-state index contributed by atoms with van der Waals surface area (Å²) in [5.41, 5.74) is 0. The Morgan fingerprint density at radius 1 is 1.25 bits per heavy atom. The molecule has 0 saturated carbocycles. The van der Waals surface area contributed by atoms with Crippen LogP contribution in [0.2, 0.25) is 0 Å². The van der Waals surface area contributed by atoms with Crippen LogP contribution in [0.4, 0.5) is 0 Å². The van der Waals surface area contributed by atoms with Crippen LogP contribution in [0.5, 0.6) is 0 Å². The molecule has 114 valence electrons. The predicted molar refractivity (Wildman–Crippen MR) is 71.4 cm³/mol. The Morgan fingerprint density at radius 2 is 2.10 bits per heavy atom. The van der Waals surface area contributed by atoms with Crippen molar-refractivity contribution in [1.29, 1.82) is 0 Å². The molecule has 1 N–H and O–H groups in total. The second-order valence-electron chi connectivity index (χ2n) is 5.40. The molecule has 2 heterocycles. The average Bonchev–Trinajstić information content (AvgIpc) is 2.96. The third-order valence-electron chi connectivity index (χ3n) is 3.90. The summed E-state index contributed by atoms with van der Waals surface area (Å²) in [6.45, 7) is 2.19. The Kier molecular flexibility index (Phi) is 5.79. The van der Waals surface area contributed by atoms with Gasteiger partial charge in [0.2, 0.25) is 5.91 Å². The smallest absolute Gasteiger partial charge is 0.326 e. The van der Waals surface area contributed by atoms with Crippen LogP contribution in [-0.4, -0.2) is 60.4 Å². The van der Waals surface area contributed by atoms with Crippen LogP contribution >= 0.6 is 0 Å². The van der Waals surface area contributed by atoms with Crippen molar-refractivity contribution in [3.63, 3.8) is 0 Å². The molecule has 0 spiro atoms. The van der Waals surface area contributed by atoms with Crippen molar-refractivity contribution in [2.75, 3.05) is 26.4 Å². The van der Waals surface area contributed by atoms with Gasteiger partial charge in [0.25, 0.3) is 0 Å². The Labute approximate surface area is 119 Å². The summed E-state index contributed by atoms with van der Waals surface area (Å²) in [6.07, 6.45) is 4.80. The summed E-state index contributed by atoms with van der Waals surface area (Å²) in [5.74, 6) is -1.03. The van der Waals surface area contributed by atoms with Crippen LogP contribution in [0.3, 0.4) is 0 Å². The van der Waals surface area contributed by atoms with Crippen molar-refractivity contribution in [3.8, 4) is 0 Å². The number of aliphatic carboxylic acids is 1. The first kappa shape index (κ1) is 15.3.